The lowest BCUT2D eigenvalue weighted by Crippen LogP contribution is -2.18. The van der Waals surface area contributed by atoms with E-state index in [-0.39, 0.29) is 0 Å². The van der Waals surface area contributed by atoms with Gasteiger partial charge in [-0.3, -0.25) is 0 Å². The molecule has 2 aromatic carbocycles. The lowest BCUT2D eigenvalue weighted by Gasteiger charge is -2.23. The smallest absolute Gasteiger partial charge is 0.127 e. The average Bonchev–Trinajstić information content (AvgIpc) is 2.47. The molecule has 0 bridgehead atoms. The molecule has 2 N–H and O–H groups in total. The molecule has 0 amide bonds. The molecule has 0 atom stereocenters. The van der Waals surface area contributed by atoms with Crippen LogP contribution in [0.2, 0.25) is 0 Å². The van der Waals surface area contributed by atoms with Gasteiger partial charge in [0.2, 0.25) is 0 Å². The van der Waals surface area contributed by atoms with Crippen LogP contribution in [0.5, 0.6) is 5.75 Å². The third-order valence-electron chi connectivity index (χ3n) is 3.22. The molecule has 0 fully saturated rings. The lowest BCUT2D eigenvalue weighted by molar-refractivity contribution is 0.344. The third kappa shape index (κ3) is 1.81. The van der Waals surface area contributed by atoms with Crippen molar-refractivity contribution in [3.63, 3.8) is 0 Å². The standard InChI is InChI=1S/C16H15NO/c17-10-13-11-18-15-9-5-4-8-14(15)16(13)12-6-2-1-3-7-12/h1-9H,10-11,17H2. The normalized spacial score (nSPS) is 14.1. The minimum absolute atomic E-state index is 0.526. The first-order valence-corrected chi connectivity index (χ1v) is 6.10. The number of hydrogen-bond donors (Lipinski definition) is 1. The number of fused-ring (bicyclic) bond motifs is 1. The summed E-state index contributed by atoms with van der Waals surface area (Å²) in [6, 6.07) is 18.5. The molecule has 90 valence electrons. The molecule has 0 aliphatic carbocycles. The summed E-state index contributed by atoms with van der Waals surface area (Å²) >= 11 is 0. The molecule has 2 heteroatoms. The molecule has 2 aromatic rings. The predicted octanol–water partition coefficient (Wildman–Crippen LogP) is 2.84. The second-order valence-electron chi connectivity index (χ2n) is 4.33. The van der Waals surface area contributed by atoms with E-state index in [4.69, 9.17) is 10.5 Å². The van der Waals surface area contributed by atoms with Crippen LogP contribution in [-0.2, 0) is 0 Å². The maximum absolute atomic E-state index is 5.85. The van der Waals surface area contributed by atoms with Crippen LogP contribution in [0.25, 0.3) is 5.57 Å². The van der Waals surface area contributed by atoms with Crippen molar-refractivity contribution in [1.82, 2.24) is 0 Å². The summed E-state index contributed by atoms with van der Waals surface area (Å²) in [7, 11) is 0. The maximum Gasteiger partial charge on any atom is 0.127 e. The van der Waals surface area contributed by atoms with Crippen molar-refractivity contribution < 1.29 is 4.74 Å². The Morgan fingerprint density at radius 1 is 0.944 bits per heavy atom. The summed E-state index contributed by atoms with van der Waals surface area (Å²) in [4.78, 5) is 0. The zero-order chi connectivity index (χ0) is 12.4. The number of rotatable bonds is 2. The Morgan fingerprint density at radius 3 is 2.44 bits per heavy atom. The van der Waals surface area contributed by atoms with Crippen molar-refractivity contribution in [2.24, 2.45) is 5.73 Å². The zero-order valence-electron chi connectivity index (χ0n) is 10.1. The molecule has 3 rings (SSSR count). The molecule has 0 spiro atoms. The maximum atomic E-state index is 5.85. The van der Waals surface area contributed by atoms with Gasteiger partial charge in [-0.1, -0.05) is 48.5 Å². The highest BCUT2D eigenvalue weighted by atomic mass is 16.5. The third-order valence-corrected chi connectivity index (χ3v) is 3.22. The molecule has 1 aliphatic heterocycles. The second kappa shape index (κ2) is 4.67. The summed E-state index contributed by atoms with van der Waals surface area (Å²) in [6.07, 6.45) is 0. The number of ether oxygens (including phenoxy) is 1. The molecule has 0 aromatic heterocycles. The van der Waals surface area contributed by atoms with Gasteiger partial charge in [0, 0.05) is 12.1 Å². The van der Waals surface area contributed by atoms with Crippen molar-refractivity contribution >= 4 is 5.57 Å². The molecule has 18 heavy (non-hydrogen) atoms. The molecule has 1 aliphatic rings. The summed E-state index contributed by atoms with van der Waals surface area (Å²) in [5.74, 6) is 0.938. The predicted molar refractivity (Wildman–Crippen MR) is 73.5 cm³/mol. The van der Waals surface area contributed by atoms with Crippen molar-refractivity contribution in [3.8, 4) is 5.75 Å². The van der Waals surface area contributed by atoms with Gasteiger partial charge in [-0.2, -0.15) is 0 Å². The van der Waals surface area contributed by atoms with E-state index in [1.165, 1.54) is 11.1 Å². The quantitative estimate of drug-likeness (QED) is 0.871. The molecule has 0 saturated heterocycles. The van der Waals surface area contributed by atoms with Crippen molar-refractivity contribution in [2.75, 3.05) is 13.2 Å². The molecule has 2 nitrogen and oxygen atoms in total. The highest BCUT2D eigenvalue weighted by Crippen LogP contribution is 2.36. The van der Waals surface area contributed by atoms with E-state index in [9.17, 15) is 0 Å². The van der Waals surface area contributed by atoms with E-state index in [0.29, 0.717) is 13.2 Å². The van der Waals surface area contributed by atoms with Gasteiger partial charge in [0.1, 0.15) is 12.4 Å². The molecule has 1 heterocycles. The lowest BCUT2D eigenvalue weighted by atomic mass is 9.91. The number of para-hydroxylation sites is 1. The molecule has 0 unspecified atom stereocenters. The first kappa shape index (κ1) is 11.1. The Morgan fingerprint density at radius 2 is 1.67 bits per heavy atom. The van der Waals surface area contributed by atoms with Crippen LogP contribution in [-0.4, -0.2) is 13.2 Å². The molecule has 0 saturated carbocycles. The monoisotopic (exact) mass is 237 g/mol. The van der Waals surface area contributed by atoms with Crippen LogP contribution < -0.4 is 10.5 Å². The van der Waals surface area contributed by atoms with Crippen LogP contribution in [0.3, 0.4) is 0 Å². The number of nitrogens with two attached hydrogens (primary N) is 1. The number of hydrogen-bond acceptors (Lipinski definition) is 2. The van der Waals surface area contributed by atoms with Gasteiger partial charge in [0.05, 0.1) is 0 Å². The fraction of sp³-hybridized carbons (Fsp3) is 0.125. The Kier molecular flexibility index (Phi) is 2.87. The van der Waals surface area contributed by atoms with Crippen molar-refractivity contribution in [2.45, 2.75) is 0 Å². The highest BCUT2D eigenvalue weighted by Gasteiger charge is 2.19. The fourth-order valence-electron chi connectivity index (χ4n) is 2.35. The SMILES string of the molecule is NCC1=C(c2ccccc2)c2ccccc2OC1. The minimum atomic E-state index is 0.526. The molecule has 0 radical (unpaired) electrons. The summed E-state index contributed by atoms with van der Waals surface area (Å²) in [6.45, 7) is 1.11. The van der Waals surface area contributed by atoms with Gasteiger partial charge >= 0.3 is 0 Å². The first-order valence-electron chi connectivity index (χ1n) is 6.10. The van der Waals surface area contributed by atoms with E-state index < -0.39 is 0 Å². The van der Waals surface area contributed by atoms with E-state index in [1.807, 2.05) is 24.3 Å². The highest BCUT2D eigenvalue weighted by molar-refractivity contribution is 5.86. The average molecular weight is 237 g/mol. The largest absolute Gasteiger partial charge is 0.489 e. The summed E-state index contributed by atoms with van der Waals surface area (Å²) in [5, 5.41) is 0. The zero-order valence-corrected chi connectivity index (χ0v) is 10.1. The minimum Gasteiger partial charge on any atom is -0.489 e. The van der Waals surface area contributed by atoms with Gasteiger partial charge in [0.15, 0.2) is 0 Å². The van der Waals surface area contributed by atoms with Crippen LogP contribution in [0.1, 0.15) is 11.1 Å². The second-order valence-corrected chi connectivity index (χ2v) is 4.33. The summed E-state index contributed by atoms with van der Waals surface area (Å²) < 4.78 is 5.74. The van der Waals surface area contributed by atoms with Crippen molar-refractivity contribution in [1.29, 1.82) is 0 Å². The van der Waals surface area contributed by atoms with E-state index in [2.05, 4.69) is 30.3 Å². The van der Waals surface area contributed by atoms with E-state index >= 15 is 0 Å². The van der Waals surface area contributed by atoms with Gasteiger partial charge in [0.25, 0.3) is 0 Å². The van der Waals surface area contributed by atoms with Crippen LogP contribution in [0, 0.1) is 0 Å². The Labute approximate surface area is 107 Å². The van der Waals surface area contributed by atoms with E-state index in [1.54, 1.807) is 0 Å². The van der Waals surface area contributed by atoms with Gasteiger partial charge in [-0.05, 0) is 22.8 Å². The molecular weight excluding hydrogens is 222 g/mol. The first-order chi connectivity index (χ1) is 8.90. The Balaban J connectivity index is 2.22. The van der Waals surface area contributed by atoms with Crippen LogP contribution >= 0.6 is 0 Å². The van der Waals surface area contributed by atoms with Crippen LogP contribution in [0.4, 0.5) is 0 Å². The van der Waals surface area contributed by atoms with Crippen molar-refractivity contribution in [3.05, 3.63) is 71.3 Å². The van der Waals surface area contributed by atoms with Gasteiger partial charge in [-0.15, -0.1) is 0 Å². The topological polar surface area (TPSA) is 35.2 Å². The molecular formula is C16H15NO. The van der Waals surface area contributed by atoms with Gasteiger partial charge in [-0.25, -0.2) is 0 Å². The fourth-order valence-corrected chi connectivity index (χ4v) is 2.35. The van der Waals surface area contributed by atoms with Gasteiger partial charge < -0.3 is 10.5 Å². The van der Waals surface area contributed by atoms with E-state index in [0.717, 1.165) is 16.9 Å². The Bertz CT molecular complexity index is 587. The summed E-state index contributed by atoms with van der Waals surface area (Å²) in [5.41, 5.74) is 10.6. The number of benzene rings is 2. The van der Waals surface area contributed by atoms with Crippen LogP contribution in [0.15, 0.2) is 60.2 Å². The Hall–Kier alpha value is -2.06.